The van der Waals surface area contributed by atoms with Crippen LogP contribution in [-0.4, -0.2) is 18.2 Å². The minimum absolute atomic E-state index is 0.502. The van der Waals surface area contributed by atoms with Gasteiger partial charge in [0.15, 0.2) is 0 Å². The van der Waals surface area contributed by atoms with E-state index in [0.717, 1.165) is 10.0 Å². The molecule has 2 N–H and O–H groups in total. The van der Waals surface area contributed by atoms with Crippen molar-refractivity contribution in [1.29, 1.82) is 0 Å². The lowest BCUT2D eigenvalue weighted by atomic mass is 9.96. The molecule has 0 bridgehead atoms. The van der Waals surface area contributed by atoms with E-state index in [1.165, 1.54) is 0 Å². The minimum Gasteiger partial charge on any atom is -0.384 e. The van der Waals surface area contributed by atoms with Gasteiger partial charge >= 0.3 is 0 Å². The normalized spacial score (nSPS) is 14.6. The number of hydrogen-bond donors (Lipinski definition) is 2. The van der Waals surface area contributed by atoms with Crippen molar-refractivity contribution < 1.29 is 5.11 Å². The Bertz CT molecular complexity index is 322. The van der Waals surface area contributed by atoms with Crippen LogP contribution in [0.1, 0.15) is 12.5 Å². The summed E-state index contributed by atoms with van der Waals surface area (Å²) in [4.78, 5) is 0. The molecule has 0 aliphatic carbocycles. The summed E-state index contributed by atoms with van der Waals surface area (Å²) in [5, 5.41) is 13.3. The molecule has 0 aromatic heterocycles. The number of rotatable bonds is 5. The van der Waals surface area contributed by atoms with Crippen LogP contribution in [0.5, 0.6) is 0 Å². The van der Waals surface area contributed by atoms with E-state index in [0.29, 0.717) is 13.1 Å². The summed E-state index contributed by atoms with van der Waals surface area (Å²) in [5.41, 5.74) is 0.0710. The summed E-state index contributed by atoms with van der Waals surface area (Å²) in [6, 6.07) is 9.63. The Balaban J connectivity index is 2.56. The van der Waals surface area contributed by atoms with Crippen LogP contribution >= 0.6 is 15.9 Å². The maximum absolute atomic E-state index is 10.2. The number of nitrogens with one attached hydrogen (secondary N) is 1. The first kappa shape index (κ1) is 12.4. The summed E-state index contributed by atoms with van der Waals surface area (Å²) in [7, 11) is 0. The molecule has 0 heterocycles. The maximum Gasteiger partial charge on any atom is 0.0992 e. The molecule has 1 unspecified atom stereocenters. The van der Waals surface area contributed by atoms with Gasteiger partial charge in [-0.15, -0.1) is 0 Å². The fourth-order valence-corrected chi connectivity index (χ4v) is 1.54. The van der Waals surface area contributed by atoms with Crippen LogP contribution in [0.15, 0.2) is 41.4 Å². The summed E-state index contributed by atoms with van der Waals surface area (Å²) in [6.07, 6.45) is 0. The smallest absolute Gasteiger partial charge is 0.0992 e. The molecule has 1 aromatic carbocycles. The van der Waals surface area contributed by atoms with Gasteiger partial charge in [0, 0.05) is 17.6 Å². The monoisotopic (exact) mass is 269 g/mol. The van der Waals surface area contributed by atoms with Crippen molar-refractivity contribution in [2.45, 2.75) is 12.5 Å². The highest BCUT2D eigenvalue weighted by Gasteiger charge is 2.21. The van der Waals surface area contributed by atoms with Gasteiger partial charge in [0.25, 0.3) is 0 Å². The minimum atomic E-state index is -0.844. The zero-order valence-electron chi connectivity index (χ0n) is 8.83. The summed E-state index contributed by atoms with van der Waals surface area (Å²) in [5.74, 6) is 0. The molecule has 15 heavy (non-hydrogen) atoms. The van der Waals surface area contributed by atoms with Gasteiger partial charge in [-0.25, -0.2) is 0 Å². The second kappa shape index (κ2) is 5.45. The molecule has 0 fully saturated rings. The first-order chi connectivity index (χ1) is 7.02. The lowest BCUT2D eigenvalue weighted by Gasteiger charge is -2.24. The molecular formula is C12H16BrNO. The number of hydrogen-bond acceptors (Lipinski definition) is 2. The predicted molar refractivity (Wildman–Crippen MR) is 66.9 cm³/mol. The fourth-order valence-electron chi connectivity index (χ4n) is 1.34. The molecular weight excluding hydrogens is 254 g/mol. The summed E-state index contributed by atoms with van der Waals surface area (Å²) >= 11 is 3.26. The van der Waals surface area contributed by atoms with E-state index in [9.17, 15) is 5.11 Å². The van der Waals surface area contributed by atoms with Crippen LogP contribution in [0.3, 0.4) is 0 Å². The number of benzene rings is 1. The Morgan fingerprint density at radius 2 is 2.07 bits per heavy atom. The topological polar surface area (TPSA) is 32.3 Å². The highest BCUT2D eigenvalue weighted by atomic mass is 79.9. The SMILES string of the molecule is C=C(Br)CNCC(C)(O)c1ccccc1. The lowest BCUT2D eigenvalue weighted by molar-refractivity contribution is 0.0580. The molecule has 3 heteroatoms. The molecule has 0 radical (unpaired) electrons. The lowest BCUT2D eigenvalue weighted by Crippen LogP contribution is -2.35. The third-order valence-electron chi connectivity index (χ3n) is 2.18. The van der Waals surface area contributed by atoms with E-state index in [-0.39, 0.29) is 0 Å². The van der Waals surface area contributed by atoms with Crippen LogP contribution in [0.2, 0.25) is 0 Å². The average Bonchev–Trinajstić information content (AvgIpc) is 2.18. The molecule has 82 valence electrons. The van der Waals surface area contributed by atoms with Crippen LogP contribution in [0.25, 0.3) is 0 Å². The van der Waals surface area contributed by atoms with Gasteiger partial charge < -0.3 is 10.4 Å². The largest absolute Gasteiger partial charge is 0.384 e. The Morgan fingerprint density at radius 3 is 2.60 bits per heavy atom. The van der Waals surface area contributed by atoms with Crippen LogP contribution in [-0.2, 0) is 5.60 Å². The molecule has 1 aromatic rings. The molecule has 0 saturated heterocycles. The summed E-state index contributed by atoms with van der Waals surface area (Å²) < 4.78 is 0.881. The third kappa shape index (κ3) is 4.16. The van der Waals surface area contributed by atoms with E-state index in [1.807, 2.05) is 30.3 Å². The Morgan fingerprint density at radius 1 is 1.47 bits per heavy atom. The molecule has 0 amide bonds. The quantitative estimate of drug-likeness (QED) is 0.861. The van der Waals surface area contributed by atoms with Gasteiger partial charge in [0.2, 0.25) is 0 Å². The molecule has 0 aliphatic rings. The Labute approximate surface area is 99.1 Å². The standard InChI is InChI=1S/C12H16BrNO/c1-10(13)8-14-9-12(2,15)11-6-4-3-5-7-11/h3-7,14-15H,1,8-9H2,2H3. The molecule has 1 rings (SSSR count). The Kier molecular flexibility index (Phi) is 4.51. The fraction of sp³-hybridized carbons (Fsp3) is 0.333. The molecule has 0 spiro atoms. The van der Waals surface area contributed by atoms with Gasteiger partial charge in [-0.1, -0.05) is 52.8 Å². The van der Waals surface area contributed by atoms with E-state index in [2.05, 4.69) is 27.8 Å². The van der Waals surface area contributed by atoms with E-state index in [1.54, 1.807) is 6.92 Å². The van der Waals surface area contributed by atoms with E-state index >= 15 is 0 Å². The number of aliphatic hydroxyl groups is 1. The zero-order chi connectivity index (χ0) is 11.3. The van der Waals surface area contributed by atoms with Crippen molar-refractivity contribution in [3.8, 4) is 0 Å². The van der Waals surface area contributed by atoms with Crippen LogP contribution in [0, 0.1) is 0 Å². The molecule has 2 nitrogen and oxygen atoms in total. The zero-order valence-corrected chi connectivity index (χ0v) is 10.4. The number of halogens is 1. The maximum atomic E-state index is 10.2. The van der Waals surface area contributed by atoms with E-state index in [4.69, 9.17) is 0 Å². The van der Waals surface area contributed by atoms with Crippen molar-refractivity contribution in [2.24, 2.45) is 0 Å². The van der Waals surface area contributed by atoms with Crippen molar-refractivity contribution in [2.75, 3.05) is 13.1 Å². The highest BCUT2D eigenvalue weighted by molar-refractivity contribution is 9.11. The van der Waals surface area contributed by atoms with Crippen molar-refractivity contribution in [3.63, 3.8) is 0 Å². The second-order valence-electron chi connectivity index (χ2n) is 3.76. The molecule has 0 saturated carbocycles. The van der Waals surface area contributed by atoms with Gasteiger partial charge in [0.05, 0.1) is 5.60 Å². The highest BCUT2D eigenvalue weighted by Crippen LogP contribution is 2.18. The van der Waals surface area contributed by atoms with E-state index < -0.39 is 5.60 Å². The van der Waals surface area contributed by atoms with Crippen molar-refractivity contribution >= 4 is 15.9 Å². The Hall–Kier alpha value is -0.640. The summed E-state index contributed by atoms with van der Waals surface area (Å²) in [6.45, 7) is 6.68. The molecule has 0 aliphatic heterocycles. The van der Waals surface area contributed by atoms with Gasteiger partial charge in [-0.05, 0) is 12.5 Å². The van der Waals surface area contributed by atoms with Crippen LogP contribution < -0.4 is 5.32 Å². The van der Waals surface area contributed by atoms with Crippen LogP contribution in [0.4, 0.5) is 0 Å². The second-order valence-corrected chi connectivity index (χ2v) is 4.88. The van der Waals surface area contributed by atoms with Gasteiger partial charge in [-0.2, -0.15) is 0 Å². The van der Waals surface area contributed by atoms with Gasteiger partial charge in [0.1, 0.15) is 0 Å². The third-order valence-corrected chi connectivity index (χ3v) is 2.46. The first-order valence-electron chi connectivity index (χ1n) is 4.84. The molecule has 1 atom stereocenters. The van der Waals surface area contributed by atoms with Gasteiger partial charge in [-0.3, -0.25) is 0 Å². The predicted octanol–water partition coefficient (Wildman–Crippen LogP) is 2.39. The first-order valence-corrected chi connectivity index (χ1v) is 5.63. The van der Waals surface area contributed by atoms with Crippen molar-refractivity contribution in [3.05, 3.63) is 47.0 Å². The van der Waals surface area contributed by atoms with Crippen molar-refractivity contribution in [1.82, 2.24) is 5.32 Å². The average molecular weight is 270 g/mol.